The molecule has 0 radical (unpaired) electrons. The van der Waals surface area contributed by atoms with Gasteiger partial charge in [0.05, 0.1) is 11.6 Å². The predicted molar refractivity (Wildman–Crippen MR) is 84.7 cm³/mol. The van der Waals surface area contributed by atoms with Gasteiger partial charge in [0.1, 0.15) is 0 Å². The molecule has 3 unspecified atom stereocenters. The summed E-state index contributed by atoms with van der Waals surface area (Å²) in [6.45, 7) is 4.52. The van der Waals surface area contributed by atoms with Gasteiger partial charge in [0, 0.05) is 7.11 Å². The Bertz CT molecular complexity index is 414. The normalized spacial score (nSPS) is 28.3. The van der Waals surface area contributed by atoms with Crippen molar-refractivity contribution < 1.29 is 4.74 Å². The molecule has 0 amide bonds. The number of hydrogen-bond acceptors (Lipinski definition) is 2. The summed E-state index contributed by atoms with van der Waals surface area (Å²) in [4.78, 5) is 0. The molecule has 112 valence electrons. The van der Waals surface area contributed by atoms with Crippen molar-refractivity contribution in [2.24, 2.45) is 11.7 Å². The molecular weight excluding hydrogens is 246 g/mol. The van der Waals surface area contributed by atoms with Crippen LogP contribution in [0.5, 0.6) is 0 Å². The SMILES string of the molecule is CCCc1ccc(C(N)C2(OC)CCCC(C)C2)cc1. The van der Waals surface area contributed by atoms with Crippen LogP contribution >= 0.6 is 0 Å². The predicted octanol–water partition coefficient (Wildman–Crippen LogP) is 4.23. The van der Waals surface area contributed by atoms with E-state index in [2.05, 4.69) is 38.1 Å². The van der Waals surface area contributed by atoms with Crippen LogP contribution < -0.4 is 5.73 Å². The average Bonchev–Trinajstić information content (AvgIpc) is 2.47. The zero-order valence-electron chi connectivity index (χ0n) is 13.2. The van der Waals surface area contributed by atoms with Crippen LogP contribution in [0.15, 0.2) is 24.3 Å². The Morgan fingerprint density at radius 2 is 2.05 bits per heavy atom. The number of benzene rings is 1. The van der Waals surface area contributed by atoms with Gasteiger partial charge in [-0.05, 0) is 36.3 Å². The summed E-state index contributed by atoms with van der Waals surface area (Å²) in [5, 5.41) is 0. The molecule has 2 rings (SSSR count). The van der Waals surface area contributed by atoms with Crippen LogP contribution in [0.3, 0.4) is 0 Å². The van der Waals surface area contributed by atoms with Gasteiger partial charge in [-0.2, -0.15) is 0 Å². The fourth-order valence-corrected chi connectivity index (χ4v) is 3.62. The van der Waals surface area contributed by atoms with Crippen LogP contribution in [-0.2, 0) is 11.2 Å². The summed E-state index contributed by atoms with van der Waals surface area (Å²) >= 11 is 0. The van der Waals surface area contributed by atoms with Crippen LogP contribution in [0, 0.1) is 5.92 Å². The molecule has 1 saturated carbocycles. The number of aryl methyl sites for hydroxylation is 1. The van der Waals surface area contributed by atoms with Crippen LogP contribution in [-0.4, -0.2) is 12.7 Å². The van der Waals surface area contributed by atoms with Crippen molar-refractivity contribution in [3.8, 4) is 0 Å². The largest absolute Gasteiger partial charge is 0.376 e. The summed E-state index contributed by atoms with van der Waals surface area (Å²) in [6.07, 6.45) is 6.99. The van der Waals surface area contributed by atoms with Gasteiger partial charge in [0.25, 0.3) is 0 Å². The third-order valence-electron chi connectivity index (χ3n) is 4.84. The van der Waals surface area contributed by atoms with Gasteiger partial charge in [0.15, 0.2) is 0 Å². The second-order valence-electron chi connectivity index (χ2n) is 6.44. The second kappa shape index (κ2) is 6.73. The van der Waals surface area contributed by atoms with Gasteiger partial charge in [-0.3, -0.25) is 0 Å². The molecule has 20 heavy (non-hydrogen) atoms. The van der Waals surface area contributed by atoms with Gasteiger partial charge >= 0.3 is 0 Å². The van der Waals surface area contributed by atoms with Crippen LogP contribution in [0.2, 0.25) is 0 Å². The maximum absolute atomic E-state index is 6.58. The van der Waals surface area contributed by atoms with Crippen molar-refractivity contribution in [1.29, 1.82) is 0 Å². The van der Waals surface area contributed by atoms with Gasteiger partial charge in [-0.25, -0.2) is 0 Å². The fourth-order valence-electron chi connectivity index (χ4n) is 3.62. The van der Waals surface area contributed by atoms with Crippen molar-refractivity contribution in [1.82, 2.24) is 0 Å². The molecule has 1 aromatic carbocycles. The molecule has 2 heteroatoms. The minimum atomic E-state index is -0.177. The summed E-state index contributed by atoms with van der Waals surface area (Å²) in [6, 6.07) is 8.79. The lowest BCUT2D eigenvalue weighted by Crippen LogP contribution is -2.46. The van der Waals surface area contributed by atoms with Crippen LogP contribution in [0.1, 0.15) is 63.1 Å². The van der Waals surface area contributed by atoms with Crippen molar-refractivity contribution in [2.45, 2.75) is 64.0 Å². The van der Waals surface area contributed by atoms with E-state index in [-0.39, 0.29) is 11.6 Å². The molecule has 1 aliphatic rings. The van der Waals surface area contributed by atoms with Crippen molar-refractivity contribution in [3.63, 3.8) is 0 Å². The third-order valence-corrected chi connectivity index (χ3v) is 4.84. The maximum atomic E-state index is 6.58. The van der Waals surface area contributed by atoms with E-state index in [4.69, 9.17) is 10.5 Å². The molecule has 0 aliphatic heterocycles. The minimum Gasteiger partial charge on any atom is -0.376 e. The molecule has 0 bridgehead atoms. The molecule has 1 fully saturated rings. The van der Waals surface area contributed by atoms with Gasteiger partial charge < -0.3 is 10.5 Å². The Balaban J connectivity index is 2.17. The van der Waals surface area contributed by atoms with Crippen molar-refractivity contribution >= 4 is 0 Å². The second-order valence-corrected chi connectivity index (χ2v) is 6.44. The van der Waals surface area contributed by atoms with E-state index in [9.17, 15) is 0 Å². The molecule has 1 aromatic rings. The summed E-state index contributed by atoms with van der Waals surface area (Å²) in [5.41, 5.74) is 9.00. The molecule has 0 aromatic heterocycles. The number of rotatable bonds is 5. The van der Waals surface area contributed by atoms with E-state index in [0.717, 1.165) is 19.3 Å². The smallest absolute Gasteiger partial charge is 0.0872 e. The molecule has 1 aliphatic carbocycles. The van der Waals surface area contributed by atoms with Gasteiger partial charge in [-0.15, -0.1) is 0 Å². The molecule has 0 heterocycles. The maximum Gasteiger partial charge on any atom is 0.0872 e. The van der Waals surface area contributed by atoms with Gasteiger partial charge in [-0.1, -0.05) is 57.4 Å². The molecule has 2 nitrogen and oxygen atoms in total. The summed E-state index contributed by atoms with van der Waals surface area (Å²) in [7, 11) is 1.82. The fraction of sp³-hybridized carbons (Fsp3) is 0.667. The third kappa shape index (κ3) is 3.24. The first-order chi connectivity index (χ1) is 9.61. The first kappa shape index (κ1) is 15.5. The lowest BCUT2D eigenvalue weighted by Gasteiger charge is -2.43. The minimum absolute atomic E-state index is 0.0223. The quantitative estimate of drug-likeness (QED) is 0.872. The van der Waals surface area contributed by atoms with E-state index in [1.165, 1.54) is 30.4 Å². The zero-order valence-corrected chi connectivity index (χ0v) is 13.2. The molecule has 0 saturated heterocycles. The highest BCUT2D eigenvalue weighted by molar-refractivity contribution is 5.27. The van der Waals surface area contributed by atoms with E-state index in [0.29, 0.717) is 5.92 Å². The van der Waals surface area contributed by atoms with Crippen molar-refractivity contribution in [2.75, 3.05) is 7.11 Å². The molecular formula is C18H29NO. The molecule has 2 N–H and O–H groups in total. The van der Waals surface area contributed by atoms with Crippen LogP contribution in [0.4, 0.5) is 0 Å². The Hall–Kier alpha value is -0.860. The average molecular weight is 275 g/mol. The Morgan fingerprint density at radius 3 is 2.60 bits per heavy atom. The Labute approximate surface area is 123 Å². The zero-order chi connectivity index (χ0) is 14.6. The van der Waals surface area contributed by atoms with Crippen LogP contribution in [0.25, 0.3) is 0 Å². The lowest BCUT2D eigenvalue weighted by molar-refractivity contribution is -0.0718. The number of hydrogen-bond donors (Lipinski definition) is 1. The van der Waals surface area contributed by atoms with E-state index in [1.54, 1.807) is 0 Å². The highest BCUT2D eigenvalue weighted by Gasteiger charge is 2.41. The van der Waals surface area contributed by atoms with E-state index < -0.39 is 0 Å². The Kier molecular flexibility index (Phi) is 5.22. The number of methoxy groups -OCH3 is 1. The summed E-state index contributed by atoms with van der Waals surface area (Å²) in [5.74, 6) is 0.703. The first-order valence-electron chi connectivity index (χ1n) is 8.01. The lowest BCUT2D eigenvalue weighted by atomic mass is 9.73. The Morgan fingerprint density at radius 1 is 1.35 bits per heavy atom. The molecule has 3 atom stereocenters. The van der Waals surface area contributed by atoms with Crippen molar-refractivity contribution in [3.05, 3.63) is 35.4 Å². The highest BCUT2D eigenvalue weighted by Crippen LogP contribution is 2.42. The highest BCUT2D eigenvalue weighted by atomic mass is 16.5. The summed E-state index contributed by atoms with van der Waals surface area (Å²) < 4.78 is 5.92. The first-order valence-corrected chi connectivity index (χ1v) is 8.01. The number of nitrogens with two attached hydrogens (primary N) is 1. The monoisotopic (exact) mass is 275 g/mol. The number of ether oxygens (including phenoxy) is 1. The molecule has 0 spiro atoms. The van der Waals surface area contributed by atoms with Gasteiger partial charge in [0.2, 0.25) is 0 Å². The van der Waals surface area contributed by atoms with E-state index in [1.807, 2.05) is 7.11 Å². The van der Waals surface area contributed by atoms with E-state index >= 15 is 0 Å². The topological polar surface area (TPSA) is 35.2 Å². The standard InChI is InChI=1S/C18H29NO/c1-4-6-15-8-10-16(11-9-15)17(19)18(20-3)12-5-7-14(2)13-18/h8-11,14,17H,4-7,12-13,19H2,1-3H3.